The Hall–Kier alpha value is -2.39. The molecular formula is C22H22O3. The van der Waals surface area contributed by atoms with E-state index in [2.05, 4.69) is 13.8 Å². The fourth-order valence-electron chi connectivity index (χ4n) is 4.03. The van der Waals surface area contributed by atoms with Gasteiger partial charge in [-0.15, -0.1) is 0 Å². The topological polar surface area (TPSA) is 35.5 Å². The van der Waals surface area contributed by atoms with E-state index in [0.717, 1.165) is 16.7 Å². The number of rotatable bonds is 2. The summed E-state index contributed by atoms with van der Waals surface area (Å²) in [5.41, 5.74) is 3.02. The molecule has 0 bridgehead atoms. The van der Waals surface area contributed by atoms with Crippen molar-refractivity contribution in [1.29, 1.82) is 0 Å². The highest BCUT2D eigenvalue weighted by atomic mass is 16.6. The molecule has 3 heteroatoms. The van der Waals surface area contributed by atoms with E-state index in [-0.39, 0.29) is 18.0 Å². The van der Waals surface area contributed by atoms with E-state index in [1.165, 1.54) is 0 Å². The number of benzene rings is 2. The van der Waals surface area contributed by atoms with E-state index in [1.54, 1.807) is 0 Å². The van der Waals surface area contributed by atoms with Gasteiger partial charge in [0.05, 0.1) is 11.7 Å². The molecule has 25 heavy (non-hydrogen) atoms. The monoisotopic (exact) mass is 334 g/mol. The van der Waals surface area contributed by atoms with Crippen LogP contribution in [0.1, 0.15) is 31.9 Å². The Morgan fingerprint density at radius 2 is 1.52 bits per heavy atom. The molecule has 2 aliphatic heterocycles. The molecule has 2 aromatic rings. The SMILES string of the molecule is C[C@@H]1O[C@@](C)(c2ccccc2)[C@@H]2OC(=O)C(c3ccccc3)=C2[C@H]1C. The largest absolute Gasteiger partial charge is 0.451 e. The number of hydrogen-bond donors (Lipinski definition) is 0. The van der Waals surface area contributed by atoms with Crippen LogP contribution >= 0.6 is 0 Å². The van der Waals surface area contributed by atoms with Gasteiger partial charge in [-0.1, -0.05) is 67.6 Å². The third-order valence-electron chi connectivity index (χ3n) is 5.54. The van der Waals surface area contributed by atoms with Crippen LogP contribution in [-0.2, 0) is 19.9 Å². The number of fused-ring (bicyclic) bond motifs is 1. The van der Waals surface area contributed by atoms with Crippen LogP contribution in [0, 0.1) is 5.92 Å². The first-order valence-electron chi connectivity index (χ1n) is 8.76. The predicted octanol–water partition coefficient (Wildman–Crippen LogP) is 4.34. The van der Waals surface area contributed by atoms with Crippen molar-refractivity contribution in [2.75, 3.05) is 0 Å². The minimum atomic E-state index is -0.686. The maximum absolute atomic E-state index is 12.8. The minimum absolute atomic E-state index is 0.00957. The molecule has 2 aromatic carbocycles. The summed E-state index contributed by atoms with van der Waals surface area (Å²) in [7, 11) is 0. The van der Waals surface area contributed by atoms with Crippen molar-refractivity contribution >= 4 is 11.5 Å². The zero-order chi connectivity index (χ0) is 17.6. The molecule has 2 heterocycles. The lowest BCUT2D eigenvalue weighted by molar-refractivity contribution is -0.187. The van der Waals surface area contributed by atoms with E-state index in [4.69, 9.17) is 9.47 Å². The molecule has 4 rings (SSSR count). The number of carbonyl (C=O) groups excluding carboxylic acids is 1. The number of esters is 1. The van der Waals surface area contributed by atoms with Gasteiger partial charge in [0.2, 0.25) is 0 Å². The lowest BCUT2D eigenvalue weighted by Gasteiger charge is -2.45. The van der Waals surface area contributed by atoms with Crippen molar-refractivity contribution in [2.45, 2.75) is 38.6 Å². The molecule has 2 aliphatic rings. The summed E-state index contributed by atoms with van der Waals surface area (Å²) < 4.78 is 12.3. The van der Waals surface area contributed by atoms with Crippen LogP contribution < -0.4 is 0 Å². The molecule has 3 nitrogen and oxygen atoms in total. The highest BCUT2D eigenvalue weighted by Gasteiger charge is 2.54. The second-order valence-corrected chi connectivity index (χ2v) is 7.07. The predicted molar refractivity (Wildman–Crippen MR) is 96.7 cm³/mol. The summed E-state index contributed by atoms with van der Waals surface area (Å²) in [5, 5.41) is 0. The van der Waals surface area contributed by atoms with E-state index in [0.29, 0.717) is 5.57 Å². The van der Waals surface area contributed by atoms with Crippen molar-refractivity contribution in [1.82, 2.24) is 0 Å². The standard InChI is InChI=1S/C22H22O3/c1-14-15(2)25-22(3,17-12-8-5-9-13-17)20-18(14)19(21(23)24-20)16-10-6-4-7-11-16/h4-15,20H,1-3H3/t14-,15-,20+,22-/m0/s1. The van der Waals surface area contributed by atoms with Gasteiger partial charge < -0.3 is 9.47 Å². The third-order valence-corrected chi connectivity index (χ3v) is 5.54. The second-order valence-electron chi connectivity index (χ2n) is 7.07. The van der Waals surface area contributed by atoms with Crippen LogP contribution in [0.25, 0.3) is 5.57 Å². The number of hydrogen-bond acceptors (Lipinski definition) is 3. The molecule has 0 N–H and O–H groups in total. The first-order valence-corrected chi connectivity index (χ1v) is 8.76. The van der Waals surface area contributed by atoms with Gasteiger partial charge in [-0.05, 0) is 30.5 Å². The smallest absolute Gasteiger partial charge is 0.339 e. The Morgan fingerprint density at radius 3 is 2.16 bits per heavy atom. The van der Waals surface area contributed by atoms with Crippen molar-refractivity contribution < 1.29 is 14.3 Å². The zero-order valence-corrected chi connectivity index (χ0v) is 14.7. The van der Waals surface area contributed by atoms with Gasteiger partial charge in [-0.2, -0.15) is 0 Å². The van der Waals surface area contributed by atoms with E-state index in [1.807, 2.05) is 67.6 Å². The maximum atomic E-state index is 12.8. The highest BCUT2D eigenvalue weighted by Crippen LogP contribution is 2.50. The lowest BCUT2D eigenvalue weighted by atomic mass is 9.75. The lowest BCUT2D eigenvalue weighted by Crippen LogP contribution is -2.50. The van der Waals surface area contributed by atoms with Gasteiger partial charge in [0.1, 0.15) is 5.60 Å². The Bertz CT molecular complexity index is 825. The van der Waals surface area contributed by atoms with E-state index in [9.17, 15) is 4.79 Å². The van der Waals surface area contributed by atoms with Crippen molar-refractivity contribution in [3.8, 4) is 0 Å². The van der Waals surface area contributed by atoms with Crippen molar-refractivity contribution in [3.63, 3.8) is 0 Å². The summed E-state index contributed by atoms with van der Waals surface area (Å²) >= 11 is 0. The van der Waals surface area contributed by atoms with E-state index >= 15 is 0 Å². The van der Waals surface area contributed by atoms with Crippen LogP contribution in [0.2, 0.25) is 0 Å². The Labute approximate surface area is 148 Å². The third kappa shape index (κ3) is 2.42. The van der Waals surface area contributed by atoms with Crippen LogP contribution in [0.4, 0.5) is 0 Å². The molecule has 1 fully saturated rings. The summed E-state index contributed by atoms with van der Waals surface area (Å²) in [6.45, 7) is 6.21. The van der Waals surface area contributed by atoms with Gasteiger partial charge in [-0.25, -0.2) is 4.79 Å². The molecule has 0 radical (unpaired) electrons. The normalized spacial score (nSPS) is 31.6. The molecule has 0 amide bonds. The number of ether oxygens (including phenoxy) is 2. The second kappa shape index (κ2) is 5.85. The average Bonchev–Trinajstić information content (AvgIpc) is 2.99. The van der Waals surface area contributed by atoms with Gasteiger partial charge in [0.15, 0.2) is 6.10 Å². The van der Waals surface area contributed by atoms with Gasteiger partial charge in [0.25, 0.3) is 0 Å². The zero-order valence-electron chi connectivity index (χ0n) is 14.7. The first kappa shape index (κ1) is 16.1. The van der Waals surface area contributed by atoms with Crippen molar-refractivity contribution in [2.24, 2.45) is 5.92 Å². The maximum Gasteiger partial charge on any atom is 0.339 e. The molecule has 0 unspecified atom stereocenters. The highest BCUT2D eigenvalue weighted by molar-refractivity contribution is 6.20. The molecule has 0 aliphatic carbocycles. The molecule has 0 spiro atoms. The summed E-state index contributed by atoms with van der Waals surface area (Å²) in [4.78, 5) is 12.8. The molecule has 0 aromatic heterocycles. The first-order chi connectivity index (χ1) is 12.0. The molecule has 4 atom stereocenters. The molecule has 0 saturated carbocycles. The van der Waals surface area contributed by atoms with Gasteiger partial charge >= 0.3 is 5.97 Å². The quantitative estimate of drug-likeness (QED) is 0.767. The van der Waals surface area contributed by atoms with Gasteiger partial charge in [-0.3, -0.25) is 0 Å². The molecular weight excluding hydrogens is 312 g/mol. The van der Waals surface area contributed by atoms with Crippen LogP contribution in [0.3, 0.4) is 0 Å². The molecule has 1 saturated heterocycles. The Kier molecular flexibility index (Phi) is 3.77. The Morgan fingerprint density at radius 1 is 0.920 bits per heavy atom. The van der Waals surface area contributed by atoms with Crippen LogP contribution in [0.5, 0.6) is 0 Å². The van der Waals surface area contributed by atoms with Crippen LogP contribution in [0.15, 0.2) is 66.2 Å². The minimum Gasteiger partial charge on any atom is -0.451 e. The Balaban J connectivity index is 1.90. The average molecular weight is 334 g/mol. The summed E-state index contributed by atoms with van der Waals surface area (Å²) in [6.07, 6.45) is -0.409. The fourth-order valence-corrected chi connectivity index (χ4v) is 4.03. The fraction of sp³-hybridized carbons (Fsp3) is 0.318. The summed E-state index contributed by atoms with van der Waals surface area (Å²) in [6, 6.07) is 19.8. The van der Waals surface area contributed by atoms with Crippen LogP contribution in [-0.4, -0.2) is 18.2 Å². The van der Waals surface area contributed by atoms with E-state index < -0.39 is 11.7 Å². The van der Waals surface area contributed by atoms with Gasteiger partial charge in [0, 0.05) is 5.92 Å². The van der Waals surface area contributed by atoms with Crippen molar-refractivity contribution in [3.05, 3.63) is 77.4 Å². The molecule has 128 valence electrons. The number of carbonyl (C=O) groups is 1. The summed E-state index contributed by atoms with van der Waals surface area (Å²) in [5.74, 6) is -0.138.